The van der Waals surface area contributed by atoms with Crippen molar-refractivity contribution in [1.29, 1.82) is 0 Å². The van der Waals surface area contributed by atoms with Gasteiger partial charge in [0.25, 0.3) is 0 Å². The molecular weight excluding hydrogens is 322 g/mol. The van der Waals surface area contributed by atoms with Crippen molar-refractivity contribution in [1.82, 2.24) is 14.5 Å². The van der Waals surface area contributed by atoms with Gasteiger partial charge in [0.15, 0.2) is 0 Å². The van der Waals surface area contributed by atoms with Crippen LogP contribution in [0.25, 0.3) is 0 Å². The van der Waals surface area contributed by atoms with Crippen LogP contribution in [0.1, 0.15) is 48.7 Å². The van der Waals surface area contributed by atoms with E-state index in [4.69, 9.17) is 9.72 Å². The van der Waals surface area contributed by atoms with E-state index in [2.05, 4.69) is 52.9 Å². The SMILES string of the molecule is Cc1cnc(C2CCOCC2)n1CC1CCCN(Cc2ccccc2)C1. The van der Waals surface area contributed by atoms with Gasteiger partial charge in [-0.25, -0.2) is 4.98 Å². The van der Waals surface area contributed by atoms with Crippen molar-refractivity contribution in [2.24, 2.45) is 5.92 Å². The molecule has 26 heavy (non-hydrogen) atoms. The molecule has 0 radical (unpaired) electrons. The van der Waals surface area contributed by atoms with Gasteiger partial charge in [0.2, 0.25) is 0 Å². The zero-order chi connectivity index (χ0) is 17.8. The Balaban J connectivity index is 1.41. The second-order valence-corrected chi connectivity index (χ2v) is 7.98. The molecule has 0 N–H and O–H groups in total. The summed E-state index contributed by atoms with van der Waals surface area (Å²) in [7, 11) is 0. The van der Waals surface area contributed by atoms with Crippen molar-refractivity contribution in [2.75, 3.05) is 26.3 Å². The van der Waals surface area contributed by atoms with E-state index in [-0.39, 0.29) is 0 Å². The number of piperidine rings is 1. The maximum atomic E-state index is 5.54. The summed E-state index contributed by atoms with van der Waals surface area (Å²) in [6, 6.07) is 10.9. The minimum Gasteiger partial charge on any atom is -0.381 e. The first-order valence-corrected chi connectivity index (χ1v) is 10.2. The molecule has 0 aliphatic carbocycles. The average Bonchev–Trinajstić information content (AvgIpc) is 3.04. The lowest BCUT2D eigenvalue weighted by Gasteiger charge is -2.34. The van der Waals surface area contributed by atoms with Crippen LogP contribution in [0.4, 0.5) is 0 Å². The Morgan fingerprint density at radius 2 is 1.92 bits per heavy atom. The molecule has 4 nitrogen and oxygen atoms in total. The number of hydrogen-bond donors (Lipinski definition) is 0. The topological polar surface area (TPSA) is 30.3 Å². The van der Waals surface area contributed by atoms with Gasteiger partial charge in [-0.3, -0.25) is 4.90 Å². The van der Waals surface area contributed by atoms with Crippen molar-refractivity contribution < 1.29 is 4.74 Å². The first-order valence-electron chi connectivity index (χ1n) is 10.2. The van der Waals surface area contributed by atoms with E-state index in [1.54, 1.807) is 0 Å². The lowest BCUT2D eigenvalue weighted by atomic mass is 9.96. The quantitative estimate of drug-likeness (QED) is 0.814. The lowest BCUT2D eigenvalue weighted by Crippen LogP contribution is -2.37. The fourth-order valence-electron chi connectivity index (χ4n) is 4.54. The summed E-state index contributed by atoms with van der Waals surface area (Å²) in [6.07, 6.45) is 6.92. The Labute approximate surface area is 157 Å². The molecule has 1 aromatic carbocycles. The number of likely N-dealkylation sites (tertiary alicyclic amines) is 1. The molecule has 0 spiro atoms. The lowest BCUT2D eigenvalue weighted by molar-refractivity contribution is 0.0821. The van der Waals surface area contributed by atoms with Crippen molar-refractivity contribution in [2.45, 2.75) is 51.6 Å². The monoisotopic (exact) mass is 353 g/mol. The fourth-order valence-corrected chi connectivity index (χ4v) is 4.54. The summed E-state index contributed by atoms with van der Waals surface area (Å²) in [5, 5.41) is 0. The molecule has 1 unspecified atom stereocenters. The highest BCUT2D eigenvalue weighted by Gasteiger charge is 2.25. The van der Waals surface area contributed by atoms with Gasteiger partial charge in [-0.1, -0.05) is 30.3 Å². The molecule has 4 rings (SSSR count). The number of aromatic nitrogens is 2. The Bertz CT molecular complexity index is 691. The van der Waals surface area contributed by atoms with Crippen LogP contribution in [0.2, 0.25) is 0 Å². The highest BCUT2D eigenvalue weighted by Crippen LogP contribution is 2.28. The van der Waals surface area contributed by atoms with Crippen LogP contribution in [0.5, 0.6) is 0 Å². The van der Waals surface area contributed by atoms with E-state index in [1.807, 2.05) is 0 Å². The van der Waals surface area contributed by atoms with Gasteiger partial charge in [0.05, 0.1) is 0 Å². The van der Waals surface area contributed by atoms with Gasteiger partial charge in [0, 0.05) is 50.7 Å². The normalized spacial score (nSPS) is 22.6. The summed E-state index contributed by atoms with van der Waals surface area (Å²) in [5.74, 6) is 2.59. The summed E-state index contributed by atoms with van der Waals surface area (Å²) in [4.78, 5) is 7.41. The molecule has 1 atom stereocenters. The zero-order valence-electron chi connectivity index (χ0n) is 15.9. The number of nitrogens with zero attached hydrogens (tertiary/aromatic N) is 3. The largest absolute Gasteiger partial charge is 0.381 e. The number of imidazole rings is 1. The summed E-state index contributed by atoms with van der Waals surface area (Å²) < 4.78 is 8.05. The smallest absolute Gasteiger partial charge is 0.112 e. The molecule has 1 aromatic heterocycles. The minimum atomic E-state index is 0.571. The van der Waals surface area contributed by atoms with E-state index in [9.17, 15) is 0 Å². The van der Waals surface area contributed by atoms with E-state index in [1.165, 1.54) is 43.0 Å². The number of aryl methyl sites for hydroxylation is 1. The first kappa shape index (κ1) is 17.7. The van der Waals surface area contributed by atoms with Crippen molar-refractivity contribution >= 4 is 0 Å². The van der Waals surface area contributed by atoms with Gasteiger partial charge < -0.3 is 9.30 Å². The summed E-state index contributed by atoms with van der Waals surface area (Å²) in [5.41, 5.74) is 2.74. The van der Waals surface area contributed by atoms with Gasteiger partial charge >= 0.3 is 0 Å². The Morgan fingerprint density at radius 3 is 2.73 bits per heavy atom. The maximum absolute atomic E-state index is 5.54. The first-order chi connectivity index (χ1) is 12.8. The molecule has 2 saturated heterocycles. The molecule has 0 bridgehead atoms. The molecular formula is C22H31N3O. The van der Waals surface area contributed by atoms with Crippen molar-refractivity contribution in [3.05, 3.63) is 53.6 Å². The molecule has 140 valence electrons. The third kappa shape index (κ3) is 4.18. The second-order valence-electron chi connectivity index (χ2n) is 7.98. The number of rotatable bonds is 5. The van der Waals surface area contributed by atoms with Crippen LogP contribution >= 0.6 is 0 Å². The molecule has 0 amide bonds. The van der Waals surface area contributed by atoms with Crippen LogP contribution in [0.15, 0.2) is 36.5 Å². The molecule has 3 heterocycles. The Kier molecular flexibility index (Phi) is 5.71. The van der Waals surface area contributed by atoms with E-state index < -0.39 is 0 Å². The third-order valence-electron chi connectivity index (χ3n) is 5.97. The summed E-state index contributed by atoms with van der Waals surface area (Å²) >= 11 is 0. The number of hydrogen-bond acceptors (Lipinski definition) is 3. The standard InChI is InChI=1S/C22H31N3O/c1-18-14-23-22(21-9-12-26-13-10-21)25(18)17-20-8-5-11-24(16-20)15-19-6-3-2-4-7-19/h2-4,6-7,14,20-21H,5,8-13,15-17H2,1H3. The highest BCUT2D eigenvalue weighted by molar-refractivity contribution is 5.14. The maximum Gasteiger partial charge on any atom is 0.112 e. The molecule has 2 fully saturated rings. The highest BCUT2D eigenvalue weighted by atomic mass is 16.5. The Hall–Kier alpha value is -1.65. The van der Waals surface area contributed by atoms with Crippen LogP contribution in [-0.2, 0) is 17.8 Å². The average molecular weight is 354 g/mol. The molecule has 2 aromatic rings. The van der Waals surface area contributed by atoms with Crippen LogP contribution < -0.4 is 0 Å². The van der Waals surface area contributed by atoms with E-state index >= 15 is 0 Å². The van der Waals surface area contributed by atoms with Gasteiger partial charge in [-0.2, -0.15) is 0 Å². The van der Waals surface area contributed by atoms with Crippen molar-refractivity contribution in [3.8, 4) is 0 Å². The molecule has 2 aliphatic rings. The predicted molar refractivity (Wildman–Crippen MR) is 104 cm³/mol. The van der Waals surface area contributed by atoms with Gasteiger partial charge in [-0.05, 0) is 50.6 Å². The number of benzene rings is 1. The van der Waals surface area contributed by atoms with Crippen LogP contribution in [0.3, 0.4) is 0 Å². The van der Waals surface area contributed by atoms with Crippen molar-refractivity contribution in [3.63, 3.8) is 0 Å². The fraction of sp³-hybridized carbons (Fsp3) is 0.591. The number of ether oxygens (including phenoxy) is 1. The predicted octanol–water partition coefficient (Wildman–Crippen LogP) is 4.00. The second kappa shape index (κ2) is 8.36. The third-order valence-corrected chi connectivity index (χ3v) is 5.97. The molecule has 4 heteroatoms. The minimum absolute atomic E-state index is 0.571. The van der Waals surface area contributed by atoms with E-state index in [0.29, 0.717) is 5.92 Å². The molecule has 2 aliphatic heterocycles. The van der Waals surface area contributed by atoms with Crippen LogP contribution in [-0.4, -0.2) is 40.8 Å². The molecule has 0 saturated carbocycles. The van der Waals surface area contributed by atoms with Crippen LogP contribution in [0, 0.1) is 12.8 Å². The summed E-state index contributed by atoms with van der Waals surface area (Å²) in [6.45, 7) is 8.58. The Morgan fingerprint density at radius 1 is 1.12 bits per heavy atom. The van der Waals surface area contributed by atoms with E-state index in [0.717, 1.165) is 45.1 Å². The van der Waals surface area contributed by atoms with Gasteiger partial charge in [-0.15, -0.1) is 0 Å². The van der Waals surface area contributed by atoms with Gasteiger partial charge in [0.1, 0.15) is 5.82 Å². The zero-order valence-corrected chi connectivity index (χ0v) is 15.9.